The van der Waals surface area contributed by atoms with Crippen molar-refractivity contribution in [2.75, 3.05) is 16.9 Å². The number of anilines is 2. The number of amidine groups is 1. The van der Waals surface area contributed by atoms with Crippen molar-refractivity contribution in [2.45, 2.75) is 36.6 Å². The Labute approximate surface area is 205 Å². The molecule has 0 aromatic heterocycles. The lowest BCUT2D eigenvalue weighted by atomic mass is 10.1. The molecule has 6 N–H and O–H groups in total. The summed E-state index contributed by atoms with van der Waals surface area (Å²) in [5.74, 6) is 0.130. The van der Waals surface area contributed by atoms with Crippen LogP contribution in [0.3, 0.4) is 0 Å². The predicted molar refractivity (Wildman–Crippen MR) is 140 cm³/mol. The maximum Gasteiger partial charge on any atom is 0.409 e. The Morgan fingerprint density at radius 3 is 2.23 bits per heavy atom. The maximum atomic E-state index is 11.7. The molecule has 3 aromatic rings. The third-order valence-corrected chi connectivity index (χ3v) is 6.79. The molecule has 0 saturated heterocycles. The molecule has 0 radical (unpaired) electrons. The molecule has 1 amide bonds. The van der Waals surface area contributed by atoms with E-state index in [1.165, 1.54) is 25.7 Å². The number of hydrogen-bond acceptors (Lipinski definition) is 5. The van der Waals surface area contributed by atoms with Crippen LogP contribution in [0.4, 0.5) is 16.2 Å². The van der Waals surface area contributed by atoms with E-state index in [0.717, 1.165) is 17.5 Å². The van der Waals surface area contributed by atoms with Gasteiger partial charge in [0.05, 0.1) is 4.90 Å². The molecule has 4 rings (SSSR count). The van der Waals surface area contributed by atoms with E-state index in [9.17, 15) is 13.2 Å². The average molecular weight is 495 g/mol. The first-order chi connectivity index (χ1) is 16.6. The van der Waals surface area contributed by atoms with Crippen LogP contribution in [0.15, 0.2) is 77.7 Å². The quantitative estimate of drug-likeness (QED) is 0.236. The number of nitrogen functional groups attached to an aromatic ring is 1. The number of amides is 1. The largest absolute Gasteiger partial charge is 0.465 e. The van der Waals surface area contributed by atoms with E-state index >= 15 is 0 Å². The van der Waals surface area contributed by atoms with Crippen molar-refractivity contribution in [1.82, 2.24) is 0 Å². The van der Waals surface area contributed by atoms with E-state index in [1.807, 2.05) is 24.3 Å². The first-order valence-electron chi connectivity index (χ1n) is 11.2. The van der Waals surface area contributed by atoms with Gasteiger partial charge in [0.2, 0.25) is 0 Å². The number of hydrogen-bond donors (Lipinski definition) is 5. The lowest BCUT2D eigenvalue weighted by Crippen LogP contribution is -2.16. The van der Waals surface area contributed by atoms with Crippen molar-refractivity contribution in [3.63, 3.8) is 0 Å². The molecule has 35 heavy (non-hydrogen) atoms. The van der Waals surface area contributed by atoms with Crippen molar-refractivity contribution in [3.05, 3.63) is 78.4 Å². The average Bonchev–Trinajstić information content (AvgIpc) is 3.32. The Kier molecular flexibility index (Phi) is 8.48. The standard InChI is InChI=1S/C14H13NO4S.C12H17N3/c1-20(18,19)13-5-3-2-4-12(13)10-6-8-11(9-7-10)15-14(16)17;13-12(14)9-4-3-7-11(8-9)15-10-5-1-2-6-10/h2-9,15H,1H3,(H,16,17);3-4,7-8,10,15H,1-2,5-6H2,(H3,13,14). The van der Waals surface area contributed by atoms with Crippen LogP contribution in [0.2, 0.25) is 0 Å². The zero-order chi connectivity index (χ0) is 25.4. The molecule has 1 aliphatic rings. The van der Waals surface area contributed by atoms with Crippen LogP contribution >= 0.6 is 0 Å². The smallest absolute Gasteiger partial charge is 0.409 e. The lowest BCUT2D eigenvalue weighted by Gasteiger charge is -2.13. The molecule has 0 atom stereocenters. The summed E-state index contributed by atoms with van der Waals surface area (Å²) >= 11 is 0. The van der Waals surface area contributed by atoms with Gasteiger partial charge in [-0.25, -0.2) is 13.2 Å². The number of rotatable bonds is 6. The van der Waals surface area contributed by atoms with Gasteiger partial charge in [-0.1, -0.05) is 55.3 Å². The lowest BCUT2D eigenvalue weighted by molar-refractivity contribution is 0.209. The molecule has 1 saturated carbocycles. The van der Waals surface area contributed by atoms with Crippen LogP contribution in [0.1, 0.15) is 31.2 Å². The van der Waals surface area contributed by atoms with E-state index in [1.54, 1.807) is 48.5 Å². The fourth-order valence-corrected chi connectivity index (χ4v) is 4.88. The summed E-state index contributed by atoms with van der Waals surface area (Å²) in [6.45, 7) is 0. The highest BCUT2D eigenvalue weighted by Gasteiger charge is 2.15. The van der Waals surface area contributed by atoms with Gasteiger partial charge in [-0.15, -0.1) is 0 Å². The Bertz CT molecular complexity index is 1280. The Balaban J connectivity index is 0.000000203. The number of sulfone groups is 1. The fraction of sp³-hybridized carbons (Fsp3) is 0.231. The summed E-state index contributed by atoms with van der Waals surface area (Å²) in [6.07, 6.45) is 5.17. The number of carbonyl (C=O) groups is 1. The van der Waals surface area contributed by atoms with E-state index in [2.05, 4.69) is 10.6 Å². The molecule has 1 aliphatic carbocycles. The van der Waals surface area contributed by atoms with Crippen LogP contribution in [0.5, 0.6) is 0 Å². The van der Waals surface area contributed by atoms with E-state index in [4.69, 9.17) is 16.2 Å². The molecule has 0 unspecified atom stereocenters. The van der Waals surface area contributed by atoms with E-state index in [0.29, 0.717) is 22.9 Å². The highest BCUT2D eigenvalue weighted by atomic mass is 32.2. The molecule has 3 aromatic carbocycles. The van der Waals surface area contributed by atoms with E-state index < -0.39 is 15.9 Å². The summed E-state index contributed by atoms with van der Waals surface area (Å²) < 4.78 is 23.5. The maximum absolute atomic E-state index is 11.7. The monoisotopic (exact) mass is 494 g/mol. The van der Waals surface area contributed by atoms with Crippen LogP contribution in [-0.2, 0) is 9.84 Å². The molecule has 9 heteroatoms. The second-order valence-electron chi connectivity index (χ2n) is 8.40. The number of nitrogens with two attached hydrogens (primary N) is 1. The first kappa shape index (κ1) is 25.8. The molecule has 0 spiro atoms. The molecular weight excluding hydrogens is 464 g/mol. The summed E-state index contributed by atoms with van der Waals surface area (Å²) in [5.41, 5.74) is 9.05. The normalized spacial score (nSPS) is 13.4. The van der Waals surface area contributed by atoms with Crippen LogP contribution < -0.4 is 16.4 Å². The zero-order valence-corrected chi connectivity index (χ0v) is 20.3. The summed E-state index contributed by atoms with van der Waals surface area (Å²) in [7, 11) is -3.32. The van der Waals surface area contributed by atoms with Gasteiger partial charge in [-0.2, -0.15) is 0 Å². The Morgan fingerprint density at radius 2 is 1.63 bits per heavy atom. The van der Waals surface area contributed by atoms with Gasteiger partial charge in [-0.05, 0) is 48.7 Å². The molecule has 8 nitrogen and oxygen atoms in total. The fourth-order valence-electron chi connectivity index (χ4n) is 3.97. The highest BCUT2D eigenvalue weighted by molar-refractivity contribution is 7.90. The van der Waals surface area contributed by atoms with Crippen molar-refractivity contribution in [3.8, 4) is 11.1 Å². The summed E-state index contributed by atoms with van der Waals surface area (Å²) in [6, 6.07) is 21.6. The molecular formula is C26H30N4O4S. The van der Waals surface area contributed by atoms with Gasteiger partial charge in [-0.3, -0.25) is 10.7 Å². The second-order valence-corrected chi connectivity index (χ2v) is 10.4. The molecule has 0 heterocycles. The van der Waals surface area contributed by atoms with Crippen molar-refractivity contribution < 1.29 is 18.3 Å². The van der Waals surface area contributed by atoms with Crippen LogP contribution in [-0.4, -0.2) is 37.8 Å². The second kappa shape index (κ2) is 11.5. The molecule has 1 fully saturated rings. The number of benzene rings is 3. The first-order valence-corrected chi connectivity index (χ1v) is 13.1. The minimum Gasteiger partial charge on any atom is -0.465 e. The topological polar surface area (TPSA) is 145 Å². The van der Waals surface area contributed by atoms with Gasteiger partial charge < -0.3 is 16.2 Å². The minimum absolute atomic E-state index is 0.130. The van der Waals surface area contributed by atoms with Crippen LogP contribution in [0, 0.1) is 5.41 Å². The van der Waals surface area contributed by atoms with Crippen LogP contribution in [0.25, 0.3) is 11.1 Å². The van der Waals surface area contributed by atoms with Crippen molar-refractivity contribution in [2.24, 2.45) is 5.73 Å². The zero-order valence-electron chi connectivity index (χ0n) is 19.5. The molecule has 184 valence electrons. The van der Waals surface area contributed by atoms with Gasteiger partial charge in [0.15, 0.2) is 9.84 Å². The number of nitrogens with one attached hydrogen (secondary N) is 3. The van der Waals surface area contributed by atoms with Gasteiger partial charge in [0.1, 0.15) is 5.84 Å². The summed E-state index contributed by atoms with van der Waals surface area (Å²) in [4.78, 5) is 10.8. The SMILES string of the molecule is CS(=O)(=O)c1ccccc1-c1ccc(NC(=O)O)cc1.N=C(N)c1cccc(NC2CCCC2)c1. The highest BCUT2D eigenvalue weighted by Crippen LogP contribution is 2.28. The third-order valence-electron chi connectivity index (χ3n) is 5.63. The van der Waals surface area contributed by atoms with Crippen molar-refractivity contribution in [1.29, 1.82) is 5.41 Å². The molecule has 0 bridgehead atoms. The van der Waals surface area contributed by atoms with Gasteiger partial charge >= 0.3 is 6.09 Å². The minimum atomic E-state index is -3.32. The summed E-state index contributed by atoms with van der Waals surface area (Å²) in [5, 5.41) is 21.7. The van der Waals surface area contributed by atoms with Gasteiger partial charge in [0, 0.05) is 34.8 Å². The molecule has 0 aliphatic heterocycles. The third kappa shape index (κ3) is 7.58. The van der Waals surface area contributed by atoms with E-state index in [-0.39, 0.29) is 10.7 Å². The Hall–Kier alpha value is -3.85. The number of carboxylic acid groups (broad SMARTS) is 1. The van der Waals surface area contributed by atoms with Gasteiger partial charge in [0.25, 0.3) is 0 Å². The predicted octanol–water partition coefficient (Wildman–Crippen LogP) is 5.17. The Morgan fingerprint density at radius 1 is 0.971 bits per heavy atom. The van der Waals surface area contributed by atoms with Crippen molar-refractivity contribution >= 4 is 33.1 Å².